The van der Waals surface area contributed by atoms with E-state index in [1.54, 1.807) is 12.1 Å². The number of nitrogens with one attached hydrogen (secondary N) is 1. The van der Waals surface area contributed by atoms with Gasteiger partial charge in [-0.25, -0.2) is 13.4 Å². The lowest BCUT2D eigenvalue weighted by molar-refractivity contribution is 0.600. The van der Waals surface area contributed by atoms with Gasteiger partial charge < -0.3 is 0 Å². The molecule has 0 fully saturated rings. The molecular weight excluding hydrogens is 376 g/mol. The van der Waals surface area contributed by atoms with Gasteiger partial charge in [0.1, 0.15) is 10.0 Å². The number of hydrogen-bond donors (Lipinski definition) is 1. The van der Waals surface area contributed by atoms with E-state index in [0.717, 1.165) is 5.56 Å². The fraction of sp³-hybridized carbons (Fsp3) is 0.214. The molecule has 0 amide bonds. The summed E-state index contributed by atoms with van der Waals surface area (Å²) in [5.74, 6) is 0.395. The molecular formula is C14H14BrClN2O2S. The van der Waals surface area contributed by atoms with Gasteiger partial charge in [0, 0.05) is 11.9 Å². The molecule has 0 atom stereocenters. The zero-order chi connectivity index (χ0) is 15.6. The number of halogens is 2. The molecule has 0 saturated heterocycles. The number of benzene rings is 1. The van der Waals surface area contributed by atoms with Crippen LogP contribution in [0.4, 0.5) is 5.69 Å². The minimum atomic E-state index is -3.69. The molecule has 0 unspecified atom stereocenters. The van der Waals surface area contributed by atoms with Crippen LogP contribution in [-0.4, -0.2) is 13.4 Å². The third-order valence-electron chi connectivity index (χ3n) is 2.91. The lowest BCUT2D eigenvalue weighted by atomic mass is 10.0. The van der Waals surface area contributed by atoms with Crippen LogP contribution in [0.25, 0.3) is 0 Å². The molecule has 0 aliphatic heterocycles. The standard InChI is InChI=1S/C14H14BrClN2O2S/c1-9(2)10-3-5-11(6-4-10)18-21(19,20)12-7-13(15)14(16)17-8-12/h3-9,18H,1-2H3. The second kappa shape index (κ2) is 6.34. The third-order valence-corrected chi connectivity index (χ3v) is 5.39. The van der Waals surface area contributed by atoms with Crippen LogP contribution >= 0.6 is 27.5 Å². The zero-order valence-corrected chi connectivity index (χ0v) is 14.6. The van der Waals surface area contributed by atoms with Crippen LogP contribution in [0, 0.1) is 0 Å². The highest BCUT2D eigenvalue weighted by Crippen LogP contribution is 2.24. The highest BCUT2D eigenvalue weighted by molar-refractivity contribution is 9.10. The third kappa shape index (κ3) is 3.96. The Hall–Kier alpha value is -1.11. The summed E-state index contributed by atoms with van der Waals surface area (Å²) in [6, 6.07) is 8.70. The van der Waals surface area contributed by atoms with Crippen LogP contribution in [0.3, 0.4) is 0 Å². The molecule has 0 aliphatic rings. The lowest BCUT2D eigenvalue weighted by Crippen LogP contribution is -2.13. The van der Waals surface area contributed by atoms with Crippen LogP contribution in [0.1, 0.15) is 25.3 Å². The predicted octanol–water partition coefficient (Wildman–Crippen LogP) is 4.42. The van der Waals surface area contributed by atoms with Crippen LogP contribution in [-0.2, 0) is 10.0 Å². The van der Waals surface area contributed by atoms with E-state index in [1.807, 2.05) is 12.1 Å². The summed E-state index contributed by atoms with van der Waals surface area (Å²) >= 11 is 8.93. The molecule has 21 heavy (non-hydrogen) atoms. The Bertz CT molecular complexity index is 746. The van der Waals surface area contributed by atoms with Crippen molar-refractivity contribution in [3.05, 3.63) is 51.7 Å². The molecule has 1 N–H and O–H groups in total. The molecule has 1 aromatic carbocycles. The molecule has 0 radical (unpaired) electrons. The quantitative estimate of drug-likeness (QED) is 0.787. The van der Waals surface area contributed by atoms with Gasteiger partial charge >= 0.3 is 0 Å². The average molecular weight is 390 g/mol. The summed E-state index contributed by atoms with van der Waals surface area (Å²) < 4.78 is 27.5. The summed E-state index contributed by atoms with van der Waals surface area (Å²) in [6.45, 7) is 4.16. The van der Waals surface area contributed by atoms with E-state index in [9.17, 15) is 8.42 Å². The van der Waals surface area contributed by atoms with E-state index in [4.69, 9.17) is 11.6 Å². The van der Waals surface area contributed by atoms with Crippen molar-refractivity contribution in [3.63, 3.8) is 0 Å². The molecule has 2 rings (SSSR count). The molecule has 1 heterocycles. The van der Waals surface area contributed by atoms with Crippen molar-refractivity contribution < 1.29 is 8.42 Å². The average Bonchev–Trinajstić information content (AvgIpc) is 2.42. The highest BCUT2D eigenvalue weighted by Gasteiger charge is 2.16. The summed E-state index contributed by atoms with van der Waals surface area (Å²) in [7, 11) is -3.69. The molecule has 1 aromatic heterocycles. The van der Waals surface area contributed by atoms with E-state index in [2.05, 4.69) is 39.5 Å². The lowest BCUT2D eigenvalue weighted by Gasteiger charge is -2.10. The molecule has 7 heteroatoms. The van der Waals surface area contributed by atoms with Gasteiger partial charge in [-0.05, 0) is 45.6 Å². The van der Waals surface area contributed by atoms with Crippen LogP contribution in [0.15, 0.2) is 45.9 Å². The number of nitrogens with zero attached hydrogens (tertiary/aromatic N) is 1. The van der Waals surface area contributed by atoms with Crippen molar-refractivity contribution in [2.24, 2.45) is 0 Å². The van der Waals surface area contributed by atoms with Crippen LogP contribution < -0.4 is 4.72 Å². The summed E-state index contributed by atoms with van der Waals surface area (Å²) in [5, 5.41) is 0.218. The molecule has 0 spiro atoms. The monoisotopic (exact) mass is 388 g/mol. The Balaban J connectivity index is 2.26. The van der Waals surface area contributed by atoms with Gasteiger partial charge in [0.05, 0.1) is 4.47 Å². The Labute approximate surface area is 137 Å². The molecule has 0 bridgehead atoms. The number of hydrogen-bond acceptors (Lipinski definition) is 3. The van der Waals surface area contributed by atoms with E-state index < -0.39 is 10.0 Å². The van der Waals surface area contributed by atoms with Crippen LogP contribution in [0.5, 0.6) is 0 Å². The van der Waals surface area contributed by atoms with Crippen LogP contribution in [0.2, 0.25) is 5.15 Å². The Morgan fingerprint density at radius 2 is 1.86 bits per heavy atom. The van der Waals surface area contributed by atoms with Crippen molar-refractivity contribution >= 4 is 43.2 Å². The Kier molecular flexibility index (Phi) is 4.91. The smallest absolute Gasteiger partial charge is 0.263 e. The first kappa shape index (κ1) is 16.3. The van der Waals surface area contributed by atoms with E-state index >= 15 is 0 Å². The van der Waals surface area contributed by atoms with Gasteiger partial charge in [-0.3, -0.25) is 4.72 Å². The van der Waals surface area contributed by atoms with E-state index in [0.29, 0.717) is 16.1 Å². The normalized spacial score (nSPS) is 11.7. The van der Waals surface area contributed by atoms with Crippen molar-refractivity contribution in [3.8, 4) is 0 Å². The fourth-order valence-electron chi connectivity index (χ4n) is 1.70. The minimum absolute atomic E-state index is 0.0479. The topological polar surface area (TPSA) is 59.1 Å². The maximum Gasteiger partial charge on any atom is 0.263 e. The Morgan fingerprint density at radius 1 is 1.24 bits per heavy atom. The number of aromatic nitrogens is 1. The first-order valence-electron chi connectivity index (χ1n) is 6.23. The summed E-state index contributed by atoms with van der Waals surface area (Å²) in [5.41, 5.74) is 1.65. The molecule has 4 nitrogen and oxygen atoms in total. The van der Waals surface area contributed by atoms with Crippen molar-refractivity contribution in [1.82, 2.24) is 4.98 Å². The van der Waals surface area contributed by atoms with E-state index in [-0.39, 0.29) is 10.0 Å². The van der Waals surface area contributed by atoms with Gasteiger partial charge in [-0.2, -0.15) is 0 Å². The molecule has 0 saturated carbocycles. The largest absolute Gasteiger partial charge is 0.280 e. The zero-order valence-electron chi connectivity index (χ0n) is 11.5. The minimum Gasteiger partial charge on any atom is -0.280 e. The fourth-order valence-corrected chi connectivity index (χ4v) is 3.33. The van der Waals surface area contributed by atoms with Gasteiger partial charge in [-0.1, -0.05) is 37.6 Å². The number of rotatable bonds is 4. The molecule has 0 aliphatic carbocycles. The maximum absolute atomic E-state index is 12.3. The van der Waals surface area contributed by atoms with E-state index in [1.165, 1.54) is 12.3 Å². The number of anilines is 1. The number of pyridine rings is 1. The first-order chi connectivity index (χ1) is 9.79. The van der Waals surface area contributed by atoms with Crippen molar-refractivity contribution in [2.45, 2.75) is 24.7 Å². The highest BCUT2D eigenvalue weighted by atomic mass is 79.9. The van der Waals surface area contributed by atoms with Crippen molar-refractivity contribution in [1.29, 1.82) is 0 Å². The molecule has 2 aromatic rings. The second-order valence-electron chi connectivity index (χ2n) is 4.83. The summed E-state index contributed by atoms with van der Waals surface area (Å²) in [4.78, 5) is 3.87. The van der Waals surface area contributed by atoms with Gasteiger partial charge in [-0.15, -0.1) is 0 Å². The van der Waals surface area contributed by atoms with Crippen molar-refractivity contribution in [2.75, 3.05) is 4.72 Å². The second-order valence-corrected chi connectivity index (χ2v) is 7.72. The summed E-state index contributed by atoms with van der Waals surface area (Å²) in [6.07, 6.45) is 1.22. The molecule has 112 valence electrons. The predicted molar refractivity (Wildman–Crippen MR) is 88.3 cm³/mol. The van der Waals surface area contributed by atoms with Gasteiger partial charge in [0.2, 0.25) is 0 Å². The first-order valence-corrected chi connectivity index (χ1v) is 8.89. The van der Waals surface area contributed by atoms with Gasteiger partial charge in [0.15, 0.2) is 0 Å². The maximum atomic E-state index is 12.3. The number of sulfonamides is 1. The SMILES string of the molecule is CC(C)c1ccc(NS(=O)(=O)c2cnc(Cl)c(Br)c2)cc1. The van der Waals surface area contributed by atoms with Gasteiger partial charge in [0.25, 0.3) is 10.0 Å². The Morgan fingerprint density at radius 3 is 2.38 bits per heavy atom.